The highest BCUT2D eigenvalue weighted by molar-refractivity contribution is 5.13. The molecule has 0 saturated heterocycles. The molecule has 0 spiro atoms. The molecule has 15 heavy (non-hydrogen) atoms. The van der Waals surface area contributed by atoms with Gasteiger partial charge in [-0.2, -0.15) is 0 Å². The number of rotatable bonds is 5. The molecule has 0 aromatic carbocycles. The molecule has 0 fully saturated rings. The lowest BCUT2D eigenvalue weighted by atomic mass is 10.1. The van der Waals surface area contributed by atoms with Gasteiger partial charge in [-0.05, 0) is 25.1 Å². The van der Waals surface area contributed by atoms with E-state index in [1.165, 1.54) is 0 Å². The van der Waals surface area contributed by atoms with Crippen molar-refractivity contribution in [3.8, 4) is 0 Å². The smallest absolute Gasteiger partial charge is 0.122 e. The van der Waals surface area contributed by atoms with Gasteiger partial charge in [0.25, 0.3) is 0 Å². The fraction of sp³-hybridized carbons (Fsp3) is 0.500. The Hall–Kier alpha value is -1.01. The Morgan fingerprint density at radius 1 is 1.33 bits per heavy atom. The van der Waals surface area contributed by atoms with E-state index in [2.05, 4.69) is 4.98 Å². The summed E-state index contributed by atoms with van der Waals surface area (Å²) in [6.45, 7) is 0.117. The fourth-order valence-electron chi connectivity index (χ4n) is 1.28. The number of hydrogen-bond acceptors (Lipinski definition) is 5. The van der Waals surface area contributed by atoms with Crippen molar-refractivity contribution in [2.45, 2.75) is 25.2 Å². The van der Waals surface area contributed by atoms with E-state index in [9.17, 15) is 10.2 Å². The van der Waals surface area contributed by atoms with Crippen molar-refractivity contribution < 1.29 is 15.3 Å². The zero-order valence-corrected chi connectivity index (χ0v) is 8.37. The summed E-state index contributed by atoms with van der Waals surface area (Å²) in [4.78, 5) is 3.99. The predicted octanol–water partition coefficient (Wildman–Crippen LogP) is -0.683. The number of nitrogens with two attached hydrogens (primary N) is 1. The second kappa shape index (κ2) is 5.77. The SMILES string of the molecule is NCCC(O)C(O)c1cccc(CO)n1. The van der Waals surface area contributed by atoms with Crippen molar-refractivity contribution in [3.05, 3.63) is 29.6 Å². The van der Waals surface area contributed by atoms with Gasteiger partial charge in [0.1, 0.15) is 6.10 Å². The van der Waals surface area contributed by atoms with Crippen LogP contribution >= 0.6 is 0 Å². The lowest BCUT2D eigenvalue weighted by molar-refractivity contribution is 0.0123. The molecule has 0 saturated carbocycles. The lowest BCUT2D eigenvalue weighted by Crippen LogP contribution is -2.22. The van der Waals surface area contributed by atoms with E-state index in [4.69, 9.17) is 10.8 Å². The van der Waals surface area contributed by atoms with E-state index in [0.717, 1.165) is 0 Å². The molecular weight excluding hydrogens is 196 g/mol. The Labute approximate surface area is 88.2 Å². The first kappa shape index (κ1) is 12.1. The summed E-state index contributed by atoms with van der Waals surface area (Å²) in [5.41, 5.74) is 6.08. The quantitative estimate of drug-likeness (QED) is 0.518. The topological polar surface area (TPSA) is 99.6 Å². The van der Waals surface area contributed by atoms with E-state index in [1.54, 1.807) is 18.2 Å². The number of aromatic nitrogens is 1. The van der Waals surface area contributed by atoms with Crippen LogP contribution in [0.25, 0.3) is 0 Å². The van der Waals surface area contributed by atoms with Crippen molar-refractivity contribution in [3.63, 3.8) is 0 Å². The van der Waals surface area contributed by atoms with Gasteiger partial charge in [0.2, 0.25) is 0 Å². The van der Waals surface area contributed by atoms with Gasteiger partial charge in [-0.25, -0.2) is 0 Å². The van der Waals surface area contributed by atoms with Gasteiger partial charge < -0.3 is 21.1 Å². The van der Waals surface area contributed by atoms with Crippen LogP contribution in [-0.2, 0) is 6.61 Å². The summed E-state index contributed by atoms with van der Waals surface area (Å²) in [5.74, 6) is 0. The van der Waals surface area contributed by atoms with Crippen LogP contribution in [0.2, 0.25) is 0 Å². The second-order valence-electron chi connectivity index (χ2n) is 3.30. The molecule has 5 N–H and O–H groups in total. The maximum absolute atomic E-state index is 9.69. The molecule has 0 radical (unpaired) electrons. The highest BCUT2D eigenvalue weighted by Gasteiger charge is 2.18. The highest BCUT2D eigenvalue weighted by atomic mass is 16.3. The third-order valence-electron chi connectivity index (χ3n) is 2.12. The van der Waals surface area contributed by atoms with E-state index in [1.807, 2.05) is 0 Å². The number of pyridine rings is 1. The first-order valence-corrected chi connectivity index (χ1v) is 4.82. The maximum Gasteiger partial charge on any atom is 0.122 e. The fourth-order valence-corrected chi connectivity index (χ4v) is 1.28. The number of aliphatic hydroxyl groups is 3. The van der Waals surface area contributed by atoms with Gasteiger partial charge in [-0.15, -0.1) is 0 Å². The van der Waals surface area contributed by atoms with E-state index < -0.39 is 12.2 Å². The van der Waals surface area contributed by atoms with Crippen molar-refractivity contribution >= 4 is 0 Å². The van der Waals surface area contributed by atoms with Crippen LogP contribution in [0.5, 0.6) is 0 Å². The van der Waals surface area contributed by atoms with Crippen LogP contribution in [0.1, 0.15) is 23.9 Å². The minimum Gasteiger partial charge on any atom is -0.390 e. The zero-order chi connectivity index (χ0) is 11.3. The van der Waals surface area contributed by atoms with Crippen molar-refractivity contribution in [2.24, 2.45) is 5.73 Å². The van der Waals surface area contributed by atoms with Crippen molar-refractivity contribution in [2.75, 3.05) is 6.54 Å². The molecular formula is C10H16N2O3. The summed E-state index contributed by atoms with van der Waals surface area (Å²) in [6.07, 6.45) is -1.66. The molecule has 1 aromatic heterocycles. The average Bonchev–Trinajstić information content (AvgIpc) is 2.28. The minimum atomic E-state index is -1.06. The molecule has 0 amide bonds. The van der Waals surface area contributed by atoms with Crippen LogP contribution in [0.4, 0.5) is 0 Å². The van der Waals surface area contributed by atoms with Crippen LogP contribution in [-0.4, -0.2) is 33.0 Å². The first-order chi connectivity index (χ1) is 7.19. The molecule has 0 bridgehead atoms. The van der Waals surface area contributed by atoms with Gasteiger partial charge in [0, 0.05) is 0 Å². The van der Waals surface area contributed by atoms with E-state index in [-0.39, 0.29) is 6.61 Å². The Balaban J connectivity index is 2.76. The second-order valence-corrected chi connectivity index (χ2v) is 3.30. The van der Waals surface area contributed by atoms with Gasteiger partial charge >= 0.3 is 0 Å². The van der Waals surface area contributed by atoms with Crippen molar-refractivity contribution in [1.29, 1.82) is 0 Å². The minimum absolute atomic E-state index is 0.187. The normalized spacial score (nSPS) is 14.9. The van der Waals surface area contributed by atoms with Crippen LogP contribution < -0.4 is 5.73 Å². The van der Waals surface area contributed by atoms with Crippen LogP contribution in [0, 0.1) is 0 Å². The summed E-state index contributed by atoms with van der Waals surface area (Å²) >= 11 is 0. The Bertz CT molecular complexity index is 306. The summed E-state index contributed by atoms with van der Waals surface area (Å²) in [6, 6.07) is 4.92. The highest BCUT2D eigenvalue weighted by Crippen LogP contribution is 2.16. The molecule has 0 aliphatic carbocycles. The Morgan fingerprint density at radius 2 is 2.07 bits per heavy atom. The van der Waals surface area contributed by atoms with E-state index in [0.29, 0.717) is 24.4 Å². The Kier molecular flexibility index (Phi) is 4.64. The molecule has 84 valence electrons. The van der Waals surface area contributed by atoms with Gasteiger partial charge in [0.05, 0.1) is 24.1 Å². The molecule has 5 nitrogen and oxygen atoms in total. The molecule has 2 unspecified atom stereocenters. The molecule has 5 heteroatoms. The predicted molar refractivity (Wildman–Crippen MR) is 54.8 cm³/mol. The lowest BCUT2D eigenvalue weighted by Gasteiger charge is -2.16. The number of aliphatic hydroxyl groups excluding tert-OH is 3. The van der Waals surface area contributed by atoms with Gasteiger partial charge in [-0.3, -0.25) is 4.98 Å². The standard InChI is InChI=1S/C10H16N2O3/c11-5-4-9(14)10(15)8-3-1-2-7(6-13)12-8/h1-3,9-10,13-15H,4-6,11H2. The first-order valence-electron chi connectivity index (χ1n) is 4.82. The van der Waals surface area contributed by atoms with Gasteiger partial charge in [-0.1, -0.05) is 6.07 Å². The van der Waals surface area contributed by atoms with Crippen LogP contribution in [0.3, 0.4) is 0 Å². The molecule has 2 atom stereocenters. The summed E-state index contributed by atoms with van der Waals surface area (Å²) < 4.78 is 0. The maximum atomic E-state index is 9.69. The number of hydrogen-bond donors (Lipinski definition) is 4. The van der Waals surface area contributed by atoms with Gasteiger partial charge in [0.15, 0.2) is 0 Å². The molecule has 0 aliphatic heterocycles. The van der Waals surface area contributed by atoms with Crippen LogP contribution in [0.15, 0.2) is 18.2 Å². The summed E-state index contributed by atoms with van der Waals surface area (Å²) in [7, 11) is 0. The average molecular weight is 212 g/mol. The molecule has 0 aliphatic rings. The van der Waals surface area contributed by atoms with Crippen molar-refractivity contribution in [1.82, 2.24) is 4.98 Å². The number of nitrogens with zero attached hydrogens (tertiary/aromatic N) is 1. The third kappa shape index (κ3) is 3.24. The third-order valence-corrected chi connectivity index (χ3v) is 2.12. The molecule has 1 heterocycles. The molecule has 1 aromatic rings. The van der Waals surface area contributed by atoms with E-state index >= 15 is 0 Å². The Morgan fingerprint density at radius 3 is 2.67 bits per heavy atom. The largest absolute Gasteiger partial charge is 0.390 e. The zero-order valence-electron chi connectivity index (χ0n) is 8.37. The summed E-state index contributed by atoms with van der Waals surface area (Å²) in [5, 5.41) is 28.1. The molecule has 1 rings (SSSR count). The monoisotopic (exact) mass is 212 g/mol.